The van der Waals surface area contributed by atoms with Gasteiger partial charge in [-0.05, 0) is 22.9 Å². The van der Waals surface area contributed by atoms with Crippen molar-refractivity contribution in [2.75, 3.05) is 0 Å². The second-order valence-corrected chi connectivity index (χ2v) is 2.98. The second kappa shape index (κ2) is 2.89. The molecule has 0 aliphatic heterocycles. The van der Waals surface area contributed by atoms with Gasteiger partial charge in [0, 0.05) is 12.6 Å². The molecule has 1 aromatic heterocycles. The molecule has 0 fully saturated rings. The summed E-state index contributed by atoms with van der Waals surface area (Å²) < 4.78 is 26.2. The Labute approximate surface area is 71.3 Å². The summed E-state index contributed by atoms with van der Waals surface area (Å²) in [6, 6.07) is 0. The number of alkyl halides is 2. The van der Waals surface area contributed by atoms with Crippen molar-refractivity contribution in [1.29, 1.82) is 0 Å². The van der Waals surface area contributed by atoms with Crippen molar-refractivity contribution < 1.29 is 8.78 Å². The zero-order valence-electron chi connectivity index (χ0n) is 6.11. The van der Waals surface area contributed by atoms with Crippen LogP contribution in [0.4, 0.5) is 8.78 Å². The summed E-state index contributed by atoms with van der Waals surface area (Å²) in [5.74, 6) is 0. The maximum Gasteiger partial charge on any atom is 0.282 e. The third-order valence-corrected chi connectivity index (χ3v) is 2.55. The molecule has 0 amide bonds. The van der Waals surface area contributed by atoms with E-state index in [0.29, 0.717) is 10.2 Å². The van der Waals surface area contributed by atoms with Gasteiger partial charge in [-0.25, -0.2) is 8.78 Å². The standard InChI is InChI=1S/C6H7BrF2N2/c1-3-4(6(8)9)10-11(2)5(3)7/h6H,1-2H3. The average Bonchev–Trinajstić information content (AvgIpc) is 2.17. The summed E-state index contributed by atoms with van der Waals surface area (Å²) in [6.45, 7) is 1.61. The van der Waals surface area contributed by atoms with E-state index in [1.165, 1.54) is 4.68 Å². The number of rotatable bonds is 1. The van der Waals surface area contributed by atoms with Crippen molar-refractivity contribution in [3.05, 3.63) is 15.9 Å². The summed E-state index contributed by atoms with van der Waals surface area (Å²) in [4.78, 5) is 0. The Hall–Kier alpha value is -0.450. The number of hydrogen-bond donors (Lipinski definition) is 0. The van der Waals surface area contributed by atoms with Crippen LogP contribution in [0, 0.1) is 6.92 Å². The van der Waals surface area contributed by atoms with Crippen LogP contribution in [0.1, 0.15) is 17.7 Å². The Morgan fingerprint density at radius 1 is 1.55 bits per heavy atom. The minimum atomic E-state index is -2.49. The normalized spacial score (nSPS) is 11.1. The summed E-state index contributed by atoms with van der Waals surface area (Å²) in [5, 5.41) is 3.63. The van der Waals surface area contributed by atoms with Crippen molar-refractivity contribution in [2.24, 2.45) is 7.05 Å². The lowest BCUT2D eigenvalue weighted by Crippen LogP contribution is -1.92. The number of aryl methyl sites for hydroxylation is 1. The van der Waals surface area contributed by atoms with Crippen LogP contribution in [0.15, 0.2) is 4.60 Å². The predicted molar refractivity (Wildman–Crippen MR) is 40.6 cm³/mol. The lowest BCUT2D eigenvalue weighted by Gasteiger charge is -1.92. The minimum Gasteiger partial charge on any atom is -0.261 e. The first kappa shape index (κ1) is 8.64. The van der Waals surface area contributed by atoms with Gasteiger partial charge in [-0.3, -0.25) is 4.68 Å². The Kier molecular flexibility index (Phi) is 2.27. The molecule has 0 aliphatic carbocycles. The molecular formula is C6H7BrF2N2. The van der Waals surface area contributed by atoms with Gasteiger partial charge in [-0.15, -0.1) is 0 Å². The molecule has 0 N–H and O–H groups in total. The van der Waals surface area contributed by atoms with Crippen LogP contribution in [0.3, 0.4) is 0 Å². The van der Waals surface area contributed by atoms with Crippen LogP contribution in [0.2, 0.25) is 0 Å². The van der Waals surface area contributed by atoms with Crippen LogP contribution >= 0.6 is 15.9 Å². The molecule has 1 heterocycles. The first-order valence-electron chi connectivity index (χ1n) is 3.01. The van der Waals surface area contributed by atoms with E-state index in [9.17, 15) is 8.78 Å². The molecular weight excluding hydrogens is 218 g/mol. The van der Waals surface area contributed by atoms with Crippen LogP contribution in [-0.2, 0) is 7.05 Å². The van der Waals surface area contributed by atoms with E-state index < -0.39 is 6.43 Å². The van der Waals surface area contributed by atoms with E-state index in [1.807, 2.05) is 0 Å². The Morgan fingerprint density at radius 2 is 2.09 bits per heavy atom. The maximum absolute atomic E-state index is 12.1. The highest BCUT2D eigenvalue weighted by Crippen LogP contribution is 2.26. The topological polar surface area (TPSA) is 17.8 Å². The molecule has 0 spiro atoms. The van der Waals surface area contributed by atoms with E-state index in [-0.39, 0.29) is 5.69 Å². The molecule has 2 nitrogen and oxygen atoms in total. The van der Waals surface area contributed by atoms with Gasteiger partial charge >= 0.3 is 0 Å². The van der Waals surface area contributed by atoms with Crippen LogP contribution < -0.4 is 0 Å². The zero-order chi connectivity index (χ0) is 8.59. The van der Waals surface area contributed by atoms with Crippen molar-refractivity contribution >= 4 is 15.9 Å². The summed E-state index contributed by atoms with van der Waals surface area (Å²) in [7, 11) is 1.61. The summed E-state index contributed by atoms with van der Waals surface area (Å²) in [5.41, 5.74) is 0.349. The summed E-state index contributed by atoms with van der Waals surface area (Å²) >= 11 is 3.14. The fraction of sp³-hybridized carbons (Fsp3) is 0.500. The lowest BCUT2D eigenvalue weighted by molar-refractivity contribution is 0.144. The molecule has 0 unspecified atom stereocenters. The van der Waals surface area contributed by atoms with Crippen molar-refractivity contribution in [2.45, 2.75) is 13.3 Å². The predicted octanol–water partition coefficient (Wildman–Crippen LogP) is 2.43. The second-order valence-electron chi connectivity index (χ2n) is 2.23. The van der Waals surface area contributed by atoms with E-state index >= 15 is 0 Å². The molecule has 5 heteroatoms. The smallest absolute Gasteiger partial charge is 0.261 e. The van der Waals surface area contributed by atoms with Gasteiger partial charge < -0.3 is 0 Å². The SMILES string of the molecule is Cc1c(C(F)F)nn(C)c1Br. The van der Waals surface area contributed by atoms with Gasteiger partial charge in [-0.1, -0.05) is 0 Å². The molecule has 11 heavy (non-hydrogen) atoms. The van der Waals surface area contributed by atoms with E-state index in [2.05, 4.69) is 21.0 Å². The first-order chi connectivity index (χ1) is 5.04. The molecule has 0 aromatic carbocycles. The van der Waals surface area contributed by atoms with Gasteiger partial charge in [0.2, 0.25) is 0 Å². The molecule has 0 aliphatic rings. The number of halogens is 3. The molecule has 1 rings (SSSR count). The number of hydrogen-bond acceptors (Lipinski definition) is 1. The highest BCUT2D eigenvalue weighted by Gasteiger charge is 2.17. The van der Waals surface area contributed by atoms with E-state index in [4.69, 9.17) is 0 Å². The third-order valence-electron chi connectivity index (χ3n) is 1.44. The van der Waals surface area contributed by atoms with Gasteiger partial charge in [0.1, 0.15) is 10.3 Å². The Balaban J connectivity index is 3.19. The zero-order valence-corrected chi connectivity index (χ0v) is 7.69. The maximum atomic E-state index is 12.1. The molecule has 0 atom stereocenters. The minimum absolute atomic E-state index is 0.153. The number of aromatic nitrogens is 2. The monoisotopic (exact) mass is 224 g/mol. The van der Waals surface area contributed by atoms with Gasteiger partial charge in [0.15, 0.2) is 0 Å². The molecule has 62 valence electrons. The molecule has 1 aromatic rings. The largest absolute Gasteiger partial charge is 0.282 e. The fourth-order valence-corrected chi connectivity index (χ4v) is 1.12. The van der Waals surface area contributed by atoms with Crippen LogP contribution in [0.25, 0.3) is 0 Å². The quantitative estimate of drug-likeness (QED) is 0.717. The highest BCUT2D eigenvalue weighted by atomic mass is 79.9. The lowest BCUT2D eigenvalue weighted by atomic mass is 10.3. The van der Waals surface area contributed by atoms with Gasteiger partial charge in [0.05, 0.1) is 0 Å². The van der Waals surface area contributed by atoms with Gasteiger partial charge in [-0.2, -0.15) is 5.10 Å². The third kappa shape index (κ3) is 1.42. The average molecular weight is 225 g/mol. The Morgan fingerprint density at radius 3 is 2.27 bits per heavy atom. The van der Waals surface area contributed by atoms with Crippen LogP contribution in [0.5, 0.6) is 0 Å². The highest BCUT2D eigenvalue weighted by molar-refractivity contribution is 9.10. The van der Waals surface area contributed by atoms with E-state index in [1.54, 1.807) is 14.0 Å². The van der Waals surface area contributed by atoms with Crippen molar-refractivity contribution in [3.63, 3.8) is 0 Å². The molecule has 0 bridgehead atoms. The van der Waals surface area contributed by atoms with E-state index in [0.717, 1.165) is 0 Å². The first-order valence-corrected chi connectivity index (χ1v) is 3.80. The van der Waals surface area contributed by atoms with Gasteiger partial charge in [0.25, 0.3) is 6.43 Å². The van der Waals surface area contributed by atoms with Crippen molar-refractivity contribution in [1.82, 2.24) is 9.78 Å². The van der Waals surface area contributed by atoms with Crippen molar-refractivity contribution in [3.8, 4) is 0 Å². The fourth-order valence-electron chi connectivity index (χ4n) is 0.836. The van der Waals surface area contributed by atoms with Crippen LogP contribution in [-0.4, -0.2) is 9.78 Å². The summed E-state index contributed by atoms with van der Waals surface area (Å²) in [6.07, 6.45) is -2.49. The number of nitrogens with zero attached hydrogens (tertiary/aromatic N) is 2. The molecule has 0 radical (unpaired) electrons. The Bertz CT molecular complexity index is 270. The molecule has 0 saturated carbocycles. The molecule has 0 saturated heterocycles.